The first-order valence-electron chi connectivity index (χ1n) is 16.2. The topological polar surface area (TPSA) is 262 Å². The lowest BCUT2D eigenvalue weighted by Crippen LogP contribution is -2.65. The summed E-state index contributed by atoms with van der Waals surface area (Å²) >= 11 is 0. The van der Waals surface area contributed by atoms with Crippen molar-refractivity contribution < 1.29 is 79.2 Å². The minimum absolute atomic E-state index is 0.212. The highest BCUT2D eigenvalue weighted by molar-refractivity contribution is 5.71. The van der Waals surface area contributed by atoms with Gasteiger partial charge in [0.15, 0.2) is 18.7 Å². The minimum Gasteiger partial charge on any atom is -0.479 e. The second-order valence-electron chi connectivity index (χ2n) is 12.1. The number of ether oxygens (including phenoxy) is 5. The SMILES string of the molecule is CC(=O)OCC1OC(OCC(O)CCCCCCCCCCCCC(O)C(=O)O)C(O)C(O)C1OC1OC(CO)C(O)C(O)C1O. The monoisotopic (exact) mass is 670 g/mol. The summed E-state index contributed by atoms with van der Waals surface area (Å²) in [5, 5.41) is 89.7. The molecule has 0 aromatic carbocycles. The van der Waals surface area contributed by atoms with Crippen molar-refractivity contribution in [1.29, 1.82) is 0 Å². The number of hydrogen-bond acceptors (Lipinski definition) is 15. The zero-order chi connectivity index (χ0) is 34.2. The summed E-state index contributed by atoms with van der Waals surface area (Å²) in [6.45, 7) is -0.217. The van der Waals surface area contributed by atoms with Gasteiger partial charge in [-0.15, -0.1) is 0 Å². The van der Waals surface area contributed by atoms with E-state index in [0.29, 0.717) is 12.8 Å². The third-order valence-corrected chi connectivity index (χ3v) is 8.23. The molecule has 2 aliphatic rings. The highest BCUT2D eigenvalue weighted by Gasteiger charge is 2.51. The molecule has 0 aromatic rings. The van der Waals surface area contributed by atoms with Crippen molar-refractivity contribution in [3.8, 4) is 0 Å². The molecule has 0 aliphatic carbocycles. The molecule has 0 radical (unpaired) electrons. The van der Waals surface area contributed by atoms with Crippen LogP contribution in [0.2, 0.25) is 0 Å². The number of rotatable bonds is 22. The molecule has 12 unspecified atom stereocenters. The van der Waals surface area contributed by atoms with Gasteiger partial charge in [0.05, 0.1) is 19.3 Å². The van der Waals surface area contributed by atoms with Gasteiger partial charge in [0.2, 0.25) is 0 Å². The summed E-state index contributed by atoms with van der Waals surface area (Å²) in [5.41, 5.74) is 0. The number of unbranched alkanes of at least 4 members (excludes halogenated alkanes) is 9. The molecular formula is C30H54O16. The van der Waals surface area contributed by atoms with Crippen LogP contribution in [0.3, 0.4) is 0 Å². The molecule has 0 saturated carbocycles. The van der Waals surface area contributed by atoms with E-state index in [1.807, 2.05) is 0 Å². The van der Waals surface area contributed by atoms with E-state index in [2.05, 4.69) is 0 Å². The molecule has 270 valence electrons. The normalized spacial score (nSPS) is 33.0. The van der Waals surface area contributed by atoms with Gasteiger partial charge in [-0.1, -0.05) is 64.2 Å². The third kappa shape index (κ3) is 13.5. The molecule has 0 spiro atoms. The van der Waals surface area contributed by atoms with E-state index in [9.17, 15) is 50.4 Å². The molecular weight excluding hydrogens is 616 g/mol. The molecule has 16 nitrogen and oxygen atoms in total. The first-order valence-corrected chi connectivity index (χ1v) is 16.2. The Hall–Kier alpha value is -1.54. The summed E-state index contributed by atoms with van der Waals surface area (Å²) in [5.74, 6) is -1.85. The molecule has 9 N–H and O–H groups in total. The van der Waals surface area contributed by atoms with Crippen molar-refractivity contribution in [2.45, 2.75) is 158 Å². The number of carboxylic acid groups (broad SMARTS) is 1. The molecule has 2 rings (SSSR count). The Bertz CT molecular complexity index is 861. The van der Waals surface area contributed by atoms with E-state index >= 15 is 0 Å². The van der Waals surface area contributed by atoms with E-state index < -0.39 is 98.8 Å². The summed E-state index contributed by atoms with van der Waals surface area (Å²) in [6.07, 6.45) is -7.52. The zero-order valence-electron chi connectivity index (χ0n) is 26.4. The summed E-state index contributed by atoms with van der Waals surface area (Å²) in [6, 6.07) is 0. The van der Waals surface area contributed by atoms with Gasteiger partial charge in [0.25, 0.3) is 0 Å². The summed E-state index contributed by atoms with van der Waals surface area (Å²) in [7, 11) is 0. The quantitative estimate of drug-likeness (QED) is 0.0478. The van der Waals surface area contributed by atoms with Gasteiger partial charge in [0, 0.05) is 6.92 Å². The summed E-state index contributed by atoms with van der Waals surface area (Å²) in [4.78, 5) is 22.0. The first kappa shape index (κ1) is 40.6. The fourth-order valence-electron chi connectivity index (χ4n) is 5.42. The fourth-order valence-corrected chi connectivity index (χ4v) is 5.42. The number of carboxylic acids is 1. The van der Waals surface area contributed by atoms with Crippen LogP contribution >= 0.6 is 0 Å². The van der Waals surface area contributed by atoms with E-state index in [1.54, 1.807) is 0 Å². The second-order valence-corrected chi connectivity index (χ2v) is 12.1. The average molecular weight is 671 g/mol. The molecule has 2 heterocycles. The molecule has 0 aromatic heterocycles. The summed E-state index contributed by atoms with van der Waals surface area (Å²) < 4.78 is 27.2. The molecule has 12 atom stereocenters. The standard InChI is InChI=1S/C30H54O16/c1-17(32)42-16-21-27(46-30-25(38)23(36)22(35)20(14-31)44-30)24(37)26(39)29(45-21)43-15-18(33)12-10-8-6-4-2-3-5-7-9-11-13-19(34)28(40)41/h18-27,29-31,33-39H,2-16H2,1H3,(H,40,41). The fraction of sp³-hybridized carbons (Fsp3) is 0.933. The molecule has 2 aliphatic heterocycles. The van der Waals surface area contributed by atoms with E-state index in [-0.39, 0.29) is 13.0 Å². The number of aliphatic hydroxyl groups is 8. The third-order valence-electron chi connectivity index (χ3n) is 8.23. The van der Waals surface area contributed by atoms with Gasteiger partial charge >= 0.3 is 11.9 Å². The lowest BCUT2D eigenvalue weighted by atomic mass is 9.97. The van der Waals surface area contributed by atoms with Crippen molar-refractivity contribution in [3.63, 3.8) is 0 Å². The van der Waals surface area contributed by atoms with Crippen LogP contribution in [0.4, 0.5) is 0 Å². The molecule has 0 amide bonds. The zero-order valence-corrected chi connectivity index (χ0v) is 26.4. The highest BCUT2D eigenvalue weighted by atomic mass is 16.7. The van der Waals surface area contributed by atoms with Gasteiger partial charge in [-0.2, -0.15) is 0 Å². The van der Waals surface area contributed by atoms with Crippen molar-refractivity contribution in [2.75, 3.05) is 19.8 Å². The van der Waals surface area contributed by atoms with Crippen LogP contribution in [0, 0.1) is 0 Å². The maximum Gasteiger partial charge on any atom is 0.332 e. The lowest BCUT2D eigenvalue weighted by molar-refractivity contribution is -0.360. The molecule has 2 saturated heterocycles. The predicted molar refractivity (Wildman–Crippen MR) is 157 cm³/mol. The Morgan fingerprint density at radius 3 is 1.76 bits per heavy atom. The largest absolute Gasteiger partial charge is 0.479 e. The van der Waals surface area contributed by atoms with Crippen LogP contribution in [-0.2, 0) is 33.3 Å². The van der Waals surface area contributed by atoms with Crippen molar-refractivity contribution in [3.05, 3.63) is 0 Å². The first-order chi connectivity index (χ1) is 21.9. The number of esters is 1. The van der Waals surface area contributed by atoms with Gasteiger partial charge in [-0.25, -0.2) is 4.79 Å². The number of hydrogen-bond donors (Lipinski definition) is 9. The van der Waals surface area contributed by atoms with Crippen molar-refractivity contribution in [1.82, 2.24) is 0 Å². The molecule has 2 fully saturated rings. The van der Waals surface area contributed by atoms with Gasteiger partial charge in [-0.05, 0) is 12.8 Å². The number of aliphatic hydroxyl groups excluding tert-OH is 8. The molecule has 16 heteroatoms. The Morgan fingerprint density at radius 2 is 1.22 bits per heavy atom. The van der Waals surface area contributed by atoms with Crippen molar-refractivity contribution in [2.24, 2.45) is 0 Å². The number of aliphatic carboxylic acids is 1. The average Bonchev–Trinajstić information content (AvgIpc) is 3.02. The maximum absolute atomic E-state index is 11.5. The lowest BCUT2D eigenvalue weighted by Gasteiger charge is -2.46. The van der Waals surface area contributed by atoms with Gasteiger partial charge in [0.1, 0.15) is 55.4 Å². The van der Waals surface area contributed by atoms with Crippen LogP contribution in [0.15, 0.2) is 0 Å². The van der Waals surface area contributed by atoms with Crippen LogP contribution in [0.5, 0.6) is 0 Å². The number of carbonyl (C=O) groups is 2. The second kappa shape index (κ2) is 21.4. The van der Waals surface area contributed by atoms with Crippen LogP contribution in [0.25, 0.3) is 0 Å². The highest BCUT2D eigenvalue weighted by Crippen LogP contribution is 2.30. The Morgan fingerprint density at radius 1 is 0.696 bits per heavy atom. The Balaban J connectivity index is 1.71. The Labute approximate surface area is 268 Å². The van der Waals surface area contributed by atoms with Gasteiger partial charge < -0.3 is 69.6 Å². The molecule has 46 heavy (non-hydrogen) atoms. The van der Waals surface area contributed by atoms with E-state index in [0.717, 1.165) is 64.7 Å². The van der Waals surface area contributed by atoms with E-state index in [4.69, 9.17) is 28.8 Å². The maximum atomic E-state index is 11.5. The minimum atomic E-state index is -1.79. The van der Waals surface area contributed by atoms with Crippen LogP contribution < -0.4 is 0 Å². The predicted octanol–water partition coefficient (Wildman–Crippen LogP) is -1.31. The van der Waals surface area contributed by atoms with E-state index in [1.165, 1.54) is 0 Å². The van der Waals surface area contributed by atoms with Crippen molar-refractivity contribution >= 4 is 11.9 Å². The van der Waals surface area contributed by atoms with Gasteiger partial charge in [-0.3, -0.25) is 4.79 Å². The number of carbonyl (C=O) groups excluding carboxylic acids is 1. The Kier molecular flexibility index (Phi) is 18.9. The molecule has 0 bridgehead atoms. The smallest absolute Gasteiger partial charge is 0.332 e. The van der Waals surface area contributed by atoms with Crippen LogP contribution in [0.1, 0.15) is 84.0 Å². The van der Waals surface area contributed by atoms with Crippen LogP contribution in [-0.4, -0.2) is 151 Å².